The van der Waals surface area contributed by atoms with Crippen molar-refractivity contribution < 1.29 is 46.6 Å². The van der Waals surface area contributed by atoms with Crippen LogP contribution >= 0.6 is 7.92 Å². The van der Waals surface area contributed by atoms with Crippen molar-refractivity contribution in [3.05, 3.63) is 19.1 Å². The molecule has 0 amide bonds. The molecule has 144 valence electrons. The van der Waals surface area contributed by atoms with Crippen LogP contribution in [-0.4, -0.2) is 35.5 Å². The fourth-order valence-corrected chi connectivity index (χ4v) is 5.37. The molecule has 0 saturated carbocycles. The topological polar surface area (TPSA) is 57.2 Å². The van der Waals surface area contributed by atoms with Gasteiger partial charge in [0.05, 0.1) is 0 Å². The van der Waals surface area contributed by atoms with Crippen molar-refractivity contribution in [2.75, 3.05) is 0 Å². The number of rotatable bonds is 3. The Morgan fingerprint density at radius 1 is 1.04 bits per heavy atom. The third kappa shape index (κ3) is 20.4. The first-order valence-corrected chi connectivity index (χ1v) is 9.67. The van der Waals surface area contributed by atoms with E-state index in [1.54, 1.807) is 0 Å². The van der Waals surface area contributed by atoms with Crippen molar-refractivity contribution in [1.82, 2.24) is 0 Å². The van der Waals surface area contributed by atoms with E-state index in [1.165, 1.54) is 0 Å². The van der Waals surface area contributed by atoms with Gasteiger partial charge in [-0.05, 0) is 17.0 Å². The standard InChI is InChI=1S/C9H21P.C4H7.CHF3O3S.Pd/c1-7(2)10(8(3)4)9(5)6;1-4(2)3;2-1(3,4)8(5,6)7;/h7-9H,1-6H3;1-2H2,3H3;(H,5,6,7);/q;-1;;+2/p-1. The summed E-state index contributed by atoms with van der Waals surface area (Å²) in [6.07, 6.45) is 0. The van der Waals surface area contributed by atoms with Gasteiger partial charge in [-0.1, -0.05) is 56.4 Å². The molecule has 9 heteroatoms. The Balaban J connectivity index is -0.000000125. The maximum Gasteiger partial charge on any atom is 2.00 e. The molecular weight excluding hydrogens is 443 g/mol. The van der Waals surface area contributed by atoms with Crippen LogP contribution in [0.3, 0.4) is 0 Å². The molecule has 0 aromatic carbocycles. The third-order valence-corrected chi connectivity index (χ3v) is 6.22. The van der Waals surface area contributed by atoms with E-state index < -0.39 is 15.6 Å². The van der Waals surface area contributed by atoms with E-state index in [0.29, 0.717) is 0 Å². The predicted molar refractivity (Wildman–Crippen MR) is 88.3 cm³/mol. The van der Waals surface area contributed by atoms with Crippen LogP contribution in [0.2, 0.25) is 0 Å². The van der Waals surface area contributed by atoms with Gasteiger partial charge in [-0.3, -0.25) is 0 Å². The maximum atomic E-state index is 10.7. The number of alkyl halides is 3. The van der Waals surface area contributed by atoms with E-state index in [1.807, 2.05) is 6.92 Å². The molecule has 0 N–H and O–H groups in total. The van der Waals surface area contributed by atoms with Crippen LogP contribution in [0.5, 0.6) is 0 Å². The van der Waals surface area contributed by atoms with Crippen LogP contribution in [0.25, 0.3) is 0 Å². The second-order valence-corrected chi connectivity index (χ2v) is 10.9. The molecule has 0 rings (SSSR count). The van der Waals surface area contributed by atoms with Gasteiger partial charge in [0, 0.05) is 0 Å². The molecule has 0 aromatic heterocycles. The van der Waals surface area contributed by atoms with Crippen LogP contribution in [0.1, 0.15) is 48.5 Å². The van der Waals surface area contributed by atoms with Crippen molar-refractivity contribution >= 4 is 18.0 Å². The Labute approximate surface area is 154 Å². The smallest absolute Gasteiger partial charge is 0.741 e. The molecule has 3 nitrogen and oxygen atoms in total. The Hall–Kier alpha value is 0.402. The molecule has 0 unspecified atom stereocenters. The van der Waals surface area contributed by atoms with Crippen molar-refractivity contribution in [1.29, 1.82) is 0 Å². The molecule has 0 radical (unpaired) electrons. The average molecular weight is 471 g/mol. The van der Waals surface area contributed by atoms with Gasteiger partial charge in [0.15, 0.2) is 10.1 Å². The van der Waals surface area contributed by atoms with E-state index >= 15 is 0 Å². The first kappa shape index (κ1) is 31.2. The number of halogens is 3. The molecule has 0 atom stereocenters. The molecule has 0 spiro atoms. The van der Waals surface area contributed by atoms with Crippen molar-refractivity contribution in [3.63, 3.8) is 0 Å². The second-order valence-electron chi connectivity index (χ2n) is 5.59. The minimum absolute atomic E-state index is 0. The maximum absolute atomic E-state index is 10.7. The molecule has 0 aromatic rings. The van der Waals surface area contributed by atoms with Gasteiger partial charge in [0.25, 0.3) is 0 Å². The summed E-state index contributed by atoms with van der Waals surface area (Å²) < 4.78 is 58.9. The van der Waals surface area contributed by atoms with Gasteiger partial charge in [-0.15, -0.1) is 0 Å². The Bertz CT molecular complexity index is 385. The normalized spacial score (nSPS) is 11.4. The Kier molecular flexibility index (Phi) is 18.5. The second kappa shape index (κ2) is 13.7. The predicted octanol–water partition coefficient (Wildman–Crippen LogP) is 5.14. The molecule has 0 fully saturated rings. The van der Waals surface area contributed by atoms with Crippen LogP contribution in [0.4, 0.5) is 13.2 Å². The van der Waals surface area contributed by atoms with Gasteiger partial charge < -0.3 is 4.55 Å². The third-order valence-electron chi connectivity index (χ3n) is 2.07. The fraction of sp³-hybridized carbons (Fsp3) is 0.786. The van der Waals surface area contributed by atoms with E-state index in [4.69, 9.17) is 13.0 Å². The summed E-state index contributed by atoms with van der Waals surface area (Å²) >= 11 is 0. The quantitative estimate of drug-likeness (QED) is 0.189. The molecule has 0 aliphatic heterocycles. The fourth-order valence-electron chi connectivity index (χ4n) is 1.79. The SMILES string of the molecule is C=C([CH2-])C.CC(C)P(C(C)C)C(C)C.O=S(=O)([O-])C(F)(F)F.[Pd+2]. The van der Waals surface area contributed by atoms with Crippen molar-refractivity contribution in [2.45, 2.75) is 71.0 Å². The summed E-state index contributed by atoms with van der Waals surface area (Å²) in [6.45, 7) is 22.9. The van der Waals surface area contributed by atoms with Crippen molar-refractivity contribution in [3.8, 4) is 0 Å². The van der Waals surface area contributed by atoms with E-state index in [2.05, 4.69) is 55.0 Å². The summed E-state index contributed by atoms with van der Waals surface area (Å²) in [5, 5.41) is 0. The van der Waals surface area contributed by atoms with Gasteiger partial charge in [-0.2, -0.15) is 13.2 Å². The Morgan fingerprint density at radius 2 is 1.17 bits per heavy atom. The monoisotopic (exact) mass is 470 g/mol. The molecule has 23 heavy (non-hydrogen) atoms. The minimum Gasteiger partial charge on any atom is -0.741 e. The van der Waals surface area contributed by atoms with E-state index in [-0.39, 0.29) is 28.3 Å². The van der Waals surface area contributed by atoms with Gasteiger partial charge in [0.1, 0.15) is 0 Å². The molecular formula is C14H28F3O3PPdS. The van der Waals surface area contributed by atoms with E-state index in [9.17, 15) is 13.2 Å². The Morgan fingerprint density at radius 3 is 1.17 bits per heavy atom. The molecule has 0 aliphatic rings. The number of hydrogen-bond acceptors (Lipinski definition) is 3. The molecule has 0 aliphatic carbocycles. The van der Waals surface area contributed by atoms with Gasteiger partial charge >= 0.3 is 25.9 Å². The first-order chi connectivity index (χ1) is 9.45. The minimum atomic E-state index is -6.09. The zero-order valence-corrected chi connectivity index (χ0v) is 17.9. The molecule has 0 heterocycles. The van der Waals surface area contributed by atoms with Crippen LogP contribution in [0.15, 0.2) is 12.2 Å². The van der Waals surface area contributed by atoms with E-state index in [0.717, 1.165) is 22.6 Å². The van der Waals surface area contributed by atoms with Crippen LogP contribution < -0.4 is 0 Å². The van der Waals surface area contributed by atoms with Gasteiger partial charge in [-0.25, -0.2) is 27.5 Å². The summed E-state index contributed by atoms with van der Waals surface area (Å²) in [6, 6.07) is 0. The first-order valence-electron chi connectivity index (χ1n) is 6.72. The van der Waals surface area contributed by atoms with Gasteiger partial charge in [0.2, 0.25) is 0 Å². The number of allylic oxidation sites excluding steroid dienone is 1. The summed E-state index contributed by atoms with van der Waals surface area (Å²) in [4.78, 5) is 0. The molecule has 0 saturated heterocycles. The zero-order chi connectivity index (χ0) is 18.9. The molecule has 0 bridgehead atoms. The summed E-state index contributed by atoms with van der Waals surface area (Å²) in [5.41, 5.74) is -2.03. The van der Waals surface area contributed by atoms with Crippen LogP contribution in [0, 0.1) is 6.92 Å². The zero-order valence-electron chi connectivity index (χ0n) is 14.7. The number of hydrogen-bond donors (Lipinski definition) is 0. The summed E-state index contributed by atoms with van der Waals surface area (Å²) in [7, 11) is -5.83. The van der Waals surface area contributed by atoms with Crippen molar-refractivity contribution in [2.24, 2.45) is 0 Å². The largest absolute Gasteiger partial charge is 2.00 e. The van der Waals surface area contributed by atoms with Crippen LogP contribution in [-0.2, 0) is 30.5 Å². The average Bonchev–Trinajstić information content (AvgIpc) is 2.10. The summed E-state index contributed by atoms with van der Waals surface area (Å²) in [5.74, 6) is 0.